The molecule has 0 aliphatic carbocycles. The molecule has 0 bridgehead atoms. The van der Waals surface area contributed by atoms with Crippen molar-refractivity contribution >= 4 is 84.8 Å². The third-order valence-corrected chi connectivity index (χ3v) is 13.6. The number of hydrogen-bond acceptors (Lipinski definition) is 4. The van der Waals surface area contributed by atoms with Gasteiger partial charge in [0, 0.05) is 68.8 Å². The lowest BCUT2D eigenvalue weighted by atomic mass is 10.00. The van der Waals surface area contributed by atoms with E-state index in [-0.39, 0.29) is 0 Å². The maximum atomic E-state index is 5.42. The molecule has 0 saturated heterocycles. The summed E-state index contributed by atoms with van der Waals surface area (Å²) in [6.07, 6.45) is 0. The summed E-state index contributed by atoms with van der Waals surface area (Å²) in [6.45, 7) is 0. The van der Waals surface area contributed by atoms with E-state index in [2.05, 4.69) is 193 Å². The van der Waals surface area contributed by atoms with Crippen molar-refractivity contribution in [2.24, 2.45) is 0 Å². The van der Waals surface area contributed by atoms with E-state index in [0.29, 0.717) is 0 Å². The maximum Gasteiger partial charge on any atom is 0.160 e. The predicted octanol–water partition coefficient (Wildman–Crippen LogP) is 15.0. The zero-order valence-corrected chi connectivity index (χ0v) is 32.2. The number of nitrogens with zero attached hydrogens (tertiary/aromatic N) is 3. The average molecular weight is 762 g/mol. The molecule has 0 radical (unpaired) electrons. The second kappa shape index (κ2) is 12.8. The number of benzene rings is 8. The Hall–Kier alpha value is -6.92. The molecule has 8 aromatic carbocycles. The Morgan fingerprint density at radius 2 is 1.02 bits per heavy atom. The van der Waals surface area contributed by atoms with Gasteiger partial charge in [-0.15, -0.1) is 22.7 Å². The summed E-state index contributed by atoms with van der Waals surface area (Å²) in [5, 5.41) is 7.56. The van der Waals surface area contributed by atoms with Crippen LogP contribution in [0.2, 0.25) is 0 Å². The van der Waals surface area contributed by atoms with E-state index in [0.717, 1.165) is 45.2 Å². The molecule has 0 spiro atoms. The molecule has 0 atom stereocenters. The lowest BCUT2D eigenvalue weighted by molar-refractivity contribution is 1.19. The maximum absolute atomic E-state index is 5.42. The molecule has 12 rings (SSSR count). The molecule has 0 unspecified atom stereocenters. The molecule has 12 aromatic rings. The molecule has 0 fully saturated rings. The SMILES string of the molecule is c1ccc(-c2cccc(-c3cc(-c4cccc5c4sc4c5ccc5c6ccccc6n(-c6ccccc6)c54)nc(-c4ccc5c(c4)sc4ccccc45)n3)c2)cc1. The summed E-state index contributed by atoms with van der Waals surface area (Å²) in [4.78, 5) is 10.7. The monoisotopic (exact) mass is 761 g/mol. The van der Waals surface area contributed by atoms with Crippen LogP contribution in [0.3, 0.4) is 0 Å². The van der Waals surface area contributed by atoms with Gasteiger partial charge in [0.05, 0.1) is 27.1 Å². The van der Waals surface area contributed by atoms with Crippen molar-refractivity contribution in [1.29, 1.82) is 0 Å². The van der Waals surface area contributed by atoms with E-state index in [4.69, 9.17) is 9.97 Å². The highest BCUT2D eigenvalue weighted by Gasteiger charge is 2.21. The molecule has 0 aliphatic rings. The molecule has 0 saturated carbocycles. The van der Waals surface area contributed by atoms with E-state index in [1.807, 2.05) is 22.7 Å². The summed E-state index contributed by atoms with van der Waals surface area (Å²) >= 11 is 3.69. The lowest BCUT2D eigenvalue weighted by Crippen LogP contribution is -1.96. The number of para-hydroxylation sites is 2. The summed E-state index contributed by atoms with van der Waals surface area (Å²) in [5.41, 5.74) is 10.9. The quantitative estimate of drug-likeness (QED) is 0.175. The van der Waals surface area contributed by atoms with Crippen molar-refractivity contribution in [3.8, 4) is 50.7 Å². The molecule has 0 amide bonds. The van der Waals surface area contributed by atoms with E-state index >= 15 is 0 Å². The van der Waals surface area contributed by atoms with Gasteiger partial charge in [-0.25, -0.2) is 9.97 Å². The first-order chi connectivity index (χ1) is 28.2. The van der Waals surface area contributed by atoms with Crippen molar-refractivity contribution in [3.05, 3.63) is 188 Å². The van der Waals surface area contributed by atoms with Crippen LogP contribution in [0, 0.1) is 0 Å². The molecule has 3 nitrogen and oxygen atoms in total. The Morgan fingerprint density at radius 3 is 1.91 bits per heavy atom. The van der Waals surface area contributed by atoms with Crippen molar-refractivity contribution in [1.82, 2.24) is 14.5 Å². The summed E-state index contributed by atoms with van der Waals surface area (Å²) < 4.78 is 7.45. The van der Waals surface area contributed by atoms with Gasteiger partial charge in [0.25, 0.3) is 0 Å². The van der Waals surface area contributed by atoms with E-state index < -0.39 is 0 Å². The highest BCUT2D eigenvalue weighted by Crippen LogP contribution is 2.46. The minimum atomic E-state index is 0.719. The molecule has 5 heteroatoms. The first kappa shape index (κ1) is 32.3. The fourth-order valence-corrected chi connectivity index (χ4v) is 11.1. The highest BCUT2D eigenvalue weighted by molar-refractivity contribution is 7.27. The predicted molar refractivity (Wildman–Crippen MR) is 244 cm³/mol. The van der Waals surface area contributed by atoms with Crippen LogP contribution in [0.5, 0.6) is 0 Å². The van der Waals surface area contributed by atoms with Crippen LogP contribution in [0.4, 0.5) is 0 Å². The lowest BCUT2D eigenvalue weighted by Gasteiger charge is -2.11. The third kappa shape index (κ3) is 5.17. The van der Waals surface area contributed by atoms with Crippen LogP contribution in [-0.4, -0.2) is 14.5 Å². The summed E-state index contributed by atoms with van der Waals surface area (Å²) in [7, 11) is 0. The highest BCUT2D eigenvalue weighted by atomic mass is 32.1. The number of thiophene rings is 2. The topological polar surface area (TPSA) is 30.7 Å². The molecular weight excluding hydrogens is 731 g/mol. The van der Waals surface area contributed by atoms with Crippen molar-refractivity contribution < 1.29 is 0 Å². The molecule has 0 aliphatic heterocycles. The van der Waals surface area contributed by atoms with Gasteiger partial charge in [-0.3, -0.25) is 0 Å². The van der Waals surface area contributed by atoms with Gasteiger partial charge in [-0.05, 0) is 53.6 Å². The second-order valence-corrected chi connectivity index (χ2v) is 16.6. The zero-order chi connectivity index (χ0) is 37.5. The van der Waals surface area contributed by atoms with Crippen LogP contribution in [-0.2, 0) is 0 Å². The van der Waals surface area contributed by atoms with Crippen LogP contribution in [0.1, 0.15) is 0 Å². The fraction of sp³-hybridized carbons (Fsp3) is 0. The molecule has 4 heterocycles. The van der Waals surface area contributed by atoms with Crippen LogP contribution >= 0.6 is 22.7 Å². The second-order valence-electron chi connectivity index (χ2n) is 14.5. The standard InChI is InChI=1S/C52H31N3S2/c1-3-13-32(14-4-1)33-15-11-16-34(29-33)44-31-45(54-52(53-44)35-25-26-39-38-20-8-10-24-47(38)56-48(39)30-35)43-22-12-21-41-42-28-27-40-37-19-7-9-23-46(37)55(36-17-5-2-6-18-36)49(40)51(42)57-50(41)43/h1-31H. The number of fused-ring (bicyclic) bond motifs is 10. The third-order valence-electron chi connectivity index (χ3n) is 11.2. The van der Waals surface area contributed by atoms with Crippen molar-refractivity contribution in [2.75, 3.05) is 0 Å². The average Bonchev–Trinajstić information content (AvgIpc) is 3.96. The molecule has 0 N–H and O–H groups in total. The largest absolute Gasteiger partial charge is 0.308 e. The molecule has 4 aromatic heterocycles. The Bertz CT molecular complexity index is 3520. The Balaban J connectivity index is 1.11. The first-order valence-corrected chi connectivity index (χ1v) is 20.8. The minimum Gasteiger partial charge on any atom is -0.308 e. The van der Waals surface area contributed by atoms with Gasteiger partial charge in [-0.2, -0.15) is 0 Å². The zero-order valence-electron chi connectivity index (χ0n) is 30.6. The van der Waals surface area contributed by atoms with Crippen LogP contribution in [0.25, 0.3) is 113 Å². The van der Waals surface area contributed by atoms with Crippen LogP contribution in [0.15, 0.2) is 188 Å². The van der Waals surface area contributed by atoms with Gasteiger partial charge in [0.15, 0.2) is 5.82 Å². The van der Waals surface area contributed by atoms with Gasteiger partial charge in [-0.1, -0.05) is 146 Å². The van der Waals surface area contributed by atoms with Crippen molar-refractivity contribution in [3.63, 3.8) is 0 Å². The number of rotatable bonds is 5. The van der Waals surface area contributed by atoms with Gasteiger partial charge in [0.2, 0.25) is 0 Å². The Labute approximate surface area is 336 Å². The Kier molecular flexibility index (Phi) is 7.27. The smallest absolute Gasteiger partial charge is 0.160 e. The molecule has 57 heavy (non-hydrogen) atoms. The minimum absolute atomic E-state index is 0.719. The normalized spacial score (nSPS) is 11.9. The Morgan fingerprint density at radius 1 is 0.368 bits per heavy atom. The fourth-order valence-electron chi connectivity index (χ4n) is 8.57. The van der Waals surface area contributed by atoms with Gasteiger partial charge in [0.1, 0.15) is 0 Å². The number of hydrogen-bond donors (Lipinski definition) is 0. The van der Waals surface area contributed by atoms with Crippen molar-refractivity contribution in [2.45, 2.75) is 0 Å². The molecule has 266 valence electrons. The van der Waals surface area contributed by atoms with Gasteiger partial charge >= 0.3 is 0 Å². The first-order valence-electron chi connectivity index (χ1n) is 19.1. The van der Waals surface area contributed by atoms with Crippen LogP contribution < -0.4 is 0 Å². The summed E-state index contributed by atoms with van der Waals surface area (Å²) in [5.74, 6) is 0.719. The summed E-state index contributed by atoms with van der Waals surface area (Å²) in [6, 6.07) is 67.6. The molecular formula is C52H31N3S2. The van der Waals surface area contributed by atoms with Gasteiger partial charge < -0.3 is 4.57 Å². The number of aromatic nitrogens is 3. The van der Waals surface area contributed by atoms with E-state index in [9.17, 15) is 0 Å². The van der Waals surface area contributed by atoms with E-state index in [1.165, 1.54) is 67.7 Å². The van der Waals surface area contributed by atoms with E-state index in [1.54, 1.807) is 0 Å².